The number of nitrogens with zero attached hydrogens (tertiary/aromatic N) is 5. The number of benzene rings is 1. The molecular formula is C21H26BrN5O2. The smallest absolute Gasteiger partial charge is 0.317 e. The van der Waals surface area contributed by atoms with Gasteiger partial charge in [-0.2, -0.15) is 0 Å². The van der Waals surface area contributed by atoms with E-state index in [-0.39, 0.29) is 11.2 Å². The van der Waals surface area contributed by atoms with E-state index in [1.165, 1.54) is 24.5 Å². The Bertz CT molecular complexity index is 1160. The Morgan fingerprint density at radius 1 is 1.10 bits per heavy atom. The van der Waals surface area contributed by atoms with Gasteiger partial charge >= 0.3 is 5.69 Å². The van der Waals surface area contributed by atoms with Gasteiger partial charge in [0.15, 0.2) is 11.2 Å². The number of piperidine rings is 1. The zero-order valence-corrected chi connectivity index (χ0v) is 18.6. The van der Waals surface area contributed by atoms with Crippen LogP contribution in [0.5, 0.6) is 0 Å². The molecule has 1 atom stereocenters. The van der Waals surface area contributed by atoms with E-state index < -0.39 is 0 Å². The van der Waals surface area contributed by atoms with Crippen molar-refractivity contribution in [2.45, 2.75) is 32.9 Å². The van der Waals surface area contributed by atoms with Crippen LogP contribution in [-0.2, 0) is 27.2 Å². The molecule has 3 aromatic rings. The number of hydrogen-bond acceptors (Lipinski definition) is 4. The topological polar surface area (TPSA) is 65.1 Å². The second kappa shape index (κ2) is 7.91. The van der Waals surface area contributed by atoms with Crippen molar-refractivity contribution >= 4 is 27.1 Å². The van der Waals surface area contributed by atoms with Crippen LogP contribution in [-0.4, -0.2) is 36.7 Å². The molecule has 29 heavy (non-hydrogen) atoms. The number of imidazole rings is 1. The Morgan fingerprint density at radius 2 is 1.83 bits per heavy atom. The van der Waals surface area contributed by atoms with Crippen molar-refractivity contribution in [3.8, 4) is 0 Å². The molecular weight excluding hydrogens is 434 g/mol. The van der Waals surface area contributed by atoms with Crippen LogP contribution in [0.1, 0.15) is 31.2 Å². The highest BCUT2D eigenvalue weighted by atomic mass is 79.9. The molecule has 0 spiro atoms. The predicted octanol–water partition coefficient (Wildman–Crippen LogP) is 2.48. The van der Waals surface area contributed by atoms with Gasteiger partial charge in [0, 0.05) is 31.7 Å². The maximum Gasteiger partial charge on any atom is 0.332 e. The molecule has 0 amide bonds. The molecule has 0 bridgehead atoms. The van der Waals surface area contributed by atoms with Crippen LogP contribution in [0.2, 0.25) is 0 Å². The summed E-state index contributed by atoms with van der Waals surface area (Å²) in [6.45, 7) is 5.54. The van der Waals surface area contributed by atoms with E-state index in [4.69, 9.17) is 4.98 Å². The first-order chi connectivity index (χ1) is 13.8. The number of fused-ring (bicyclic) bond motifs is 1. The van der Waals surface area contributed by atoms with Crippen LogP contribution < -0.4 is 11.2 Å². The van der Waals surface area contributed by atoms with Crippen molar-refractivity contribution in [1.82, 2.24) is 23.6 Å². The lowest BCUT2D eigenvalue weighted by atomic mass is 10.0. The lowest BCUT2D eigenvalue weighted by Crippen LogP contribution is -2.37. The van der Waals surface area contributed by atoms with Gasteiger partial charge in [0.2, 0.25) is 0 Å². The van der Waals surface area contributed by atoms with Crippen molar-refractivity contribution in [2.75, 3.05) is 13.1 Å². The quantitative estimate of drug-likeness (QED) is 0.600. The van der Waals surface area contributed by atoms with Crippen molar-refractivity contribution in [3.63, 3.8) is 0 Å². The van der Waals surface area contributed by atoms with Crippen LogP contribution >= 0.6 is 15.9 Å². The third kappa shape index (κ3) is 3.83. The normalized spacial score (nSPS) is 17.9. The Hall–Kier alpha value is -2.19. The van der Waals surface area contributed by atoms with Crippen molar-refractivity contribution < 1.29 is 0 Å². The third-order valence-electron chi connectivity index (χ3n) is 5.79. The van der Waals surface area contributed by atoms with Gasteiger partial charge in [0.05, 0.1) is 6.54 Å². The highest BCUT2D eigenvalue weighted by Crippen LogP contribution is 2.21. The molecule has 3 heterocycles. The van der Waals surface area contributed by atoms with E-state index >= 15 is 0 Å². The van der Waals surface area contributed by atoms with Gasteiger partial charge in [0.1, 0.15) is 5.82 Å². The SMILES string of the molecule is C[C@@H]1CCCN(Cc2nc3c(c(=O)n(C)c(=O)n3C)n2Cc2ccc(Br)cc2)C1. The van der Waals surface area contributed by atoms with E-state index in [0.29, 0.717) is 30.2 Å². The van der Waals surface area contributed by atoms with Gasteiger partial charge in [-0.25, -0.2) is 9.78 Å². The molecule has 1 aromatic carbocycles. The maximum absolute atomic E-state index is 13.0. The Kier molecular flexibility index (Phi) is 5.48. The molecule has 7 nitrogen and oxygen atoms in total. The lowest BCUT2D eigenvalue weighted by molar-refractivity contribution is 0.171. The first-order valence-electron chi connectivity index (χ1n) is 9.97. The molecule has 0 aliphatic carbocycles. The molecule has 0 unspecified atom stereocenters. The minimum absolute atomic E-state index is 0.300. The van der Waals surface area contributed by atoms with Crippen LogP contribution in [0, 0.1) is 5.92 Å². The van der Waals surface area contributed by atoms with E-state index in [1.54, 1.807) is 7.05 Å². The number of halogens is 1. The second-order valence-electron chi connectivity index (χ2n) is 8.10. The molecule has 0 N–H and O–H groups in total. The number of hydrogen-bond donors (Lipinski definition) is 0. The van der Waals surface area contributed by atoms with Gasteiger partial charge in [-0.05, 0) is 43.0 Å². The summed E-state index contributed by atoms with van der Waals surface area (Å²) in [7, 11) is 3.20. The monoisotopic (exact) mass is 459 g/mol. The van der Waals surface area contributed by atoms with Gasteiger partial charge in [0.25, 0.3) is 5.56 Å². The summed E-state index contributed by atoms with van der Waals surface area (Å²) in [6.07, 6.45) is 2.43. The standard InChI is InChI=1S/C21H26BrN5O2/c1-14-5-4-10-26(11-14)13-17-23-19-18(20(28)25(3)21(29)24(19)2)27(17)12-15-6-8-16(22)9-7-15/h6-9,14H,4-5,10-13H2,1-3H3/t14-/m1/s1. The highest BCUT2D eigenvalue weighted by molar-refractivity contribution is 9.10. The van der Waals surface area contributed by atoms with E-state index in [0.717, 1.165) is 33.5 Å². The summed E-state index contributed by atoms with van der Waals surface area (Å²) in [6, 6.07) is 8.06. The summed E-state index contributed by atoms with van der Waals surface area (Å²) < 4.78 is 5.63. The Balaban J connectivity index is 1.85. The zero-order valence-electron chi connectivity index (χ0n) is 17.1. The number of aryl methyl sites for hydroxylation is 1. The van der Waals surface area contributed by atoms with Crippen LogP contribution in [0.25, 0.3) is 11.2 Å². The van der Waals surface area contributed by atoms with Gasteiger partial charge in [-0.15, -0.1) is 0 Å². The average molecular weight is 460 g/mol. The first kappa shape index (κ1) is 20.1. The van der Waals surface area contributed by atoms with Gasteiger partial charge in [-0.3, -0.25) is 18.8 Å². The van der Waals surface area contributed by atoms with Crippen molar-refractivity contribution in [2.24, 2.45) is 20.0 Å². The lowest BCUT2D eigenvalue weighted by Gasteiger charge is -2.30. The molecule has 1 fully saturated rings. The molecule has 1 aliphatic rings. The van der Waals surface area contributed by atoms with Crippen molar-refractivity contribution in [1.29, 1.82) is 0 Å². The molecule has 1 saturated heterocycles. The van der Waals surface area contributed by atoms with Crippen LogP contribution in [0.4, 0.5) is 0 Å². The molecule has 8 heteroatoms. The van der Waals surface area contributed by atoms with Gasteiger partial charge in [-0.1, -0.05) is 35.0 Å². The van der Waals surface area contributed by atoms with Crippen LogP contribution in [0.3, 0.4) is 0 Å². The first-order valence-corrected chi connectivity index (χ1v) is 10.8. The Morgan fingerprint density at radius 3 is 2.52 bits per heavy atom. The van der Waals surface area contributed by atoms with Crippen LogP contribution in [0.15, 0.2) is 38.3 Å². The highest BCUT2D eigenvalue weighted by Gasteiger charge is 2.23. The summed E-state index contributed by atoms with van der Waals surface area (Å²) in [5.41, 5.74) is 1.37. The summed E-state index contributed by atoms with van der Waals surface area (Å²) in [5, 5.41) is 0. The summed E-state index contributed by atoms with van der Waals surface area (Å²) in [4.78, 5) is 32.6. The number of aromatic nitrogens is 4. The summed E-state index contributed by atoms with van der Waals surface area (Å²) in [5.74, 6) is 1.49. The number of rotatable bonds is 4. The molecule has 2 aromatic heterocycles. The molecule has 4 rings (SSSR count). The predicted molar refractivity (Wildman–Crippen MR) is 117 cm³/mol. The minimum atomic E-state index is -0.353. The maximum atomic E-state index is 13.0. The van der Waals surface area contributed by atoms with E-state index in [2.05, 4.69) is 27.8 Å². The van der Waals surface area contributed by atoms with E-state index in [1.807, 2.05) is 28.8 Å². The molecule has 1 aliphatic heterocycles. The van der Waals surface area contributed by atoms with Gasteiger partial charge < -0.3 is 4.57 Å². The Labute approximate surface area is 177 Å². The molecule has 0 radical (unpaired) electrons. The third-order valence-corrected chi connectivity index (χ3v) is 6.32. The fraction of sp³-hybridized carbons (Fsp3) is 0.476. The minimum Gasteiger partial charge on any atom is -0.317 e. The van der Waals surface area contributed by atoms with Crippen molar-refractivity contribution in [3.05, 3.63) is 61.0 Å². The fourth-order valence-corrected chi connectivity index (χ4v) is 4.45. The van der Waals surface area contributed by atoms with E-state index in [9.17, 15) is 9.59 Å². The second-order valence-corrected chi connectivity index (χ2v) is 9.02. The number of likely N-dealkylation sites (tertiary alicyclic amines) is 1. The largest absolute Gasteiger partial charge is 0.332 e. The summed E-state index contributed by atoms with van der Waals surface area (Å²) >= 11 is 3.47. The molecule has 154 valence electrons. The fourth-order valence-electron chi connectivity index (χ4n) is 4.19. The zero-order chi connectivity index (χ0) is 20.7. The molecule has 0 saturated carbocycles. The average Bonchev–Trinajstić information content (AvgIpc) is 3.04.